The van der Waals surface area contributed by atoms with Crippen molar-refractivity contribution in [1.29, 1.82) is 0 Å². The first kappa shape index (κ1) is 25.4. The fourth-order valence-electron chi connectivity index (χ4n) is 4.39. The van der Waals surface area contributed by atoms with Gasteiger partial charge in [0.15, 0.2) is 5.65 Å². The topological polar surface area (TPSA) is 93.5 Å². The number of aromatic nitrogens is 4. The molecule has 194 valence electrons. The molecule has 1 aliphatic rings. The SMILES string of the molecule is CC[C@H](C)c1nc(N2CCN(S(=O)(=O)c3ccc(OC)cc3)CC2)c2cnn(-c3ccccc3Cl)c2n1. The number of benzene rings is 2. The molecule has 1 atom stereocenters. The molecule has 3 heterocycles. The van der Waals surface area contributed by atoms with Crippen LogP contribution in [0.4, 0.5) is 5.82 Å². The van der Waals surface area contributed by atoms with E-state index in [-0.39, 0.29) is 10.8 Å². The van der Waals surface area contributed by atoms with Crippen LogP contribution in [0.5, 0.6) is 5.75 Å². The summed E-state index contributed by atoms with van der Waals surface area (Å²) in [5.74, 6) is 2.26. The highest BCUT2D eigenvalue weighted by Gasteiger charge is 2.30. The van der Waals surface area contributed by atoms with Gasteiger partial charge in [0.1, 0.15) is 17.4 Å². The van der Waals surface area contributed by atoms with E-state index in [2.05, 4.69) is 23.8 Å². The lowest BCUT2D eigenvalue weighted by atomic mass is 10.1. The molecule has 11 heteroatoms. The van der Waals surface area contributed by atoms with Gasteiger partial charge in [0.25, 0.3) is 0 Å². The molecule has 1 fully saturated rings. The van der Waals surface area contributed by atoms with E-state index in [0.29, 0.717) is 42.6 Å². The number of ether oxygens (including phenoxy) is 1. The van der Waals surface area contributed by atoms with Crippen molar-refractivity contribution in [3.63, 3.8) is 0 Å². The van der Waals surface area contributed by atoms with Crippen LogP contribution in [0, 0.1) is 0 Å². The molecule has 1 saturated heterocycles. The van der Waals surface area contributed by atoms with E-state index in [4.69, 9.17) is 26.3 Å². The summed E-state index contributed by atoms with van der Waals surface area (Å²) < 4.78 is 34.9. The first-order chi connectivity index (χ1) is 17.8. The van der Waals surface area contributed by atoms with Crippen LogP contribution in [0.25, 0.3) is 16.7 Å². The molecule has 2 aromatic carbocycles. The average molecular weight is 541 g/mol. The number of rotatable bonds is 7. The summed E-state index contributed by atoms with van der Waals surface area (Å²) >= 11 is 6.48. The fraction of sp³-hybridized carbons (Fsp3) is 0.346. The second-order valence-corrected chi connectivity index (χ2v) is 11.4. The van der Waals surface area contributed by atoms with E-state index >= 15 is 0 Å². The summed E-state index contributed by atoms with van der Waals surface area (Å²) in [5, 5.41) is 5.99. The summed E-state index contributed by atoms with van der Waals surface area (Å²) in [6.45, 7) is 5.89. The van der Waals surface area contributed by atoms with Crippen molar-refractivity contribution in [2.75, 3.05) is 38.2 Å². The van der Waals surface area contributed by atoms with Crippen molar-refractivity contribution in [3.05, 3.63) is 65.6 Å². The van der Waals surface area contributed by atoms with Crippen molar-refractivity contribution in [2.24, 2.45) is 0 Å². The van der Waals surface area contributed by atoms with E-state index in [1.807, 2.05) is 24.3 Å². The molecule has 0 aliphatic carbocycles. The quantitative estimate of drug-likeness (QED) is 0.340. The molecule has 0 N–H and O–H groups in total. The Hall–Kier alpha value is -3.21. The van der Waals surface area contributed by atoms with E-state index in [9.17, 15) is 8.42 Å². The minimum Gasteiger partial charge on any atom is -0.497 e. The standard InChI is InChI=1S/C26H29ClN6O3S/c1-4-18(2)24-29-25(21-17-28-33(26(21)30-24)23-8-6-5-7-22(23)27)31-13-15-32(16-14-31)37(34,35)20-11-9-19(36-3)10-12-20/h5-12,17-18H,4,13-16H2,1-3H3/t18-/m0/s1. The molecule has 1 aliphatic heterocycles. The molecule has 0 unspecified atom stereocenters. The zero-order chi connectivity index (χ0) is 26.2. The van der Waals surface area contributed by atoms with Crippen LogP contribution >= 0.6 is 11.6 Å². The van der Waals surface area contributed by atoms with Crippen molar-refractivity contribution in [2.45, 2.75) is 31.1 Å². The van der Waals surface area contributed by atoms with Gasteiger partial charge in [-0.2, -0.15) is 9.40 Å². The second-order valence-electron chi connectivity index (χ2n) is 9.03. The summed E-state index contributed by atoms with van der Waals surface area (Å²) in [4.78, 5) is 12.2. The maximum absolute atomic E-state index is 13.2. The minimum atomic E-state index is -3.61. The number of methoxy groups -OCH3 is 1. The Bertz CT molecular complexity index is 1520. The zero-order valence-electron chi connectivity index (χ0n) is 21.0. The Kier molecular flexibility index (Phi) is 7.06. The Morgan fingerprint density at radius 3 is 2.38 bits per heavy atom. The molecule has 4 aromatic rings. The Morgan fingerprint density at radius 1 is 1.03 bits per heavy atom. The molecule has 0 saturated carbocycles. The summed E-state index contributed by atoms with van der Waals surface area (Å²) in [6.07, 6.45) is 2.65. The highest BCUT2D eigenvalue weighted by Crippen LogP contribution is 2.31. The maximum Gasteiger partial charge on any atom is 0.243 e. The first-order valence-electron chi connectivity index (χ1n) is 12.2. The molecule has 37 heavy (non-hydrogen) atoms. The van der Waals surface area contributed by atoms with Crippen LogP contribution in [0.1, 0.15) is 32.0 Å². The summed E-state index contributed by atoms with van der Waals surface area (Å²) in [5.41, 5.74) is 1.43. The van der Waals surface area contributed by atoms with Crippen LogP contribution in [0.15, 0.2) is 59.6 Å². The number of fused-ring (bicyclic) bond motifs is 1. The van der Waals surface area contributed by atoms with E-state index in [0.717, 1.165) is 29.1 Å². The predicted molar refractivity (Wildman–Crippen MR) is 144 cm³/mol. The third-order valence-corrected chi connectivity index (χ3v) is 9.03. The Morgan fingerprint density at radius 2 is 1.73 bits per heavy atom. The van der Waals surface area contributed by atoms with Crippen molar-refractivity contribution in [3.8, 4) is 11.4 Å². The van der Waals surface area contributed by atoms with Gasteiger partial charge in [-0.25, -0.2) is 23.1 Å². The van der Waals surface area contributed by atoms with Gasteiger partial charge in [0, 0.05) is 32.1 Å². The number of sulfonamides is 1. The van der Waals surface area contributed by atoms with Gasteiger partial charge >= 0.3 is 0 Å². The van der Waals surface area contributed by atoms with Crippen LogP contribution in [-0.2, 0) is 10.0 Å². The van der Waals surface area contributed by atoms with Crippen LogP contribution in [-0.4, -0.2) is 65.8 Å². The first-order valence-corrected chi connectivity index (χ1v) is 14.0. The number of hydrogen-bond donors (Lipinski definition) is 0. The van der Waals surface area contributed by atoms with E-state index in [1.165, 1.54) is 4.31 Å². The fourth-order valence-corrected chi connectivity index (χ4v) is 6.03. The largest absolute Gasteiger partial charge is 0.497 e. The van der Waals surface area contributed by atoms with E-state index in [1.54, 1.807) is 42.3 Å². The highest BCUT2D eigenvalue weighted by atomic mass is 35.5. The van der Waals surface area contributed by atoms with Crippen molar-refractivity contribution < 1.29 is 13.2 Å². The minimum absolute atomic E-state index is 0.148. The van der Waals surface area contributed by atoms with Gasteiger partial charge in [0.05, 0.1) is 34.3 Å². The average Bonchev–Trinajstić information content (AvgIpc) is 3.36. The molecule has 0 amide bonds. The normalized spacial score (nSPS) is 15.7. The van der Waals surface area contributed by atoms with Gasteiger partial charge in [-0.05, 0) is 42.8 Å². The van der Waals surface area contributed by atoms with Gasteiger partial charge < -0.3 is 9.64 Å². The predicted octanol–water partition coefficient (Wildman–Crippen LogP) is 4.50. The number of halogens is 1. The monoisotopic (exact) mass is 540 g/mol. The van der Waals surface area contributed by atoms with Gasteiger partial charge in [-0.15, -0.1) is 0 Å². The number of para-hydroxylation sites is 1. The number of anilines is 1. The second kappa shape index (κ2) is 10.3. The third kappa shape index (κ3) is 4.76. The highest BCUT2D eigenvalue weighted by molar-refractivity contribution is 7.89. The maximum atomic E-state index is 13.2. The van der Waals surface area contributed by atoms with E-state index < -0.39 is 10.0 Å². The summed E-state index contributed by atoms with van der Waals surface area (Å²) in [7, 11) is -2.06. The molecular weight excluding hydrogens is 512 g/mol. The lowest BCUT2D eigenvalue weighted by molar-refractivity contribution is 0.383. The van der Waals surface area contributed by atoms with Crippen LogP contribution < -0.4 is 9.64 Å². The molecule has 0 radical (unpaired) electrons. The molecule has 5 rings (SSSR count). The molecule has 0 bridgehead atoms. The molecular formula is C26H29ClN6O3S. The lowest BCUT2D eigenvalue weighted by Crippen LogP contribution is -2.49. The summed E-state index contributed by atoms with van der Waals surface area (Å²) in [6, 6.07) is 14.0. The smallest absolute Gasteiger partial charge is 0.243 e. The van der Waals surface area contributed by atoms with Gasteiger partial charge in [-0.3, -0.25) is 0 Å². The molecule has 0 spiro atoms. The van der Waals surface area contributed by atoms with Crippen LogP contribution in [0.3, 0.4) is 0 Å². The Labute approximate surface area is 221 Å². The number of nitrogens with zero attached hydrogens (tertiary/aromatic N) is 6. The molecule has 2 aromatic heterocycles. The zero-order valence-corrected chi connectivity index (χ0v) is 22.6. The van der Waals surface area contributed by atoms with Crippen molar-refractivity contribution >= 4 is 38.5 Å². The Balaban J connectivity index is 1.47. The lowest BCUT2D eigenvalue weighted by Gasteiger charge is -2.35. The van der Waals surface area contributed by atoms with Crippen molar-refractivity contribution in [1.82, 2.24) is 24.1 Å². The third-order valence-electron chi connectivity index (χ3n) is 6.79. The van der Waals surface area contributed by atoms with Crippen LogP contribution in [0.2, 0.25) is 5.02 Å². The molecule has 9 nitrogen and oxygen atoms in total. The number of piperazine rings is 1. The number of hydrogen-bond acceptors (Lipinski definition) is 7. The van der Waals surface area contributed by atoms with Gasteiger partial charge in [0.2, 0.25) is 10.0 Å². The van der Waals surface area contributed by atoms with Gasteiger partial charge in [-0.1, -0.05) is 37.6 Å².